The van der Waals surface area contributed by atoms with E-state index in [0.29, 0.717) is 24.3 Å². The largest absolute Gasteiger partial charge is 0.478 e. The van der Waals surface area contributed by atoms with Crippen molar-refractivity contribution in [2.45, 2.75) is 32.1 Å². The van der Waals surface area contributed by atoms with Crippen LogP contribution in [-0.4, -0.2) is 45.2 Å². The lowest BCUT2D eigenvalue weighted by Gasteiger charge is -2.33. The van der Waals surface area contributed by atoms with Crippen LogP contribution in [0.4, 0.5) is 0 Å². The molecule has 3 N–H and O–H groups in total. The summed E-state index contributed by atoms with van der Waals surface area (Å²) in [4.78, 5) is 37.0. The van der Waals surface area contributed by atoms with Gasteiger partial charge in [-0.15, -0.1) is 0 Å². The Morgan fingerprint density at radius 3 is 2.56 bits per heavy atom. The highest BCUT2D eigenvalue weighted by Gasteiger charge is 2.26. The van der Waals surface area contributed by atoms with Crippen molar-refractivity contribution in [2.24, 2.45) is 0 Å². The third-order valence-corrected chi connectivity index (χ3v) is 4.82. The first kappa shape index (κ1) is 17.0. The van der Waals surface area contributed by atoms with E-state index in [9.17, 15) is 14.4 Å². The molecule has 1 atom stereocenters. The Morgan fingerprint density at radius 1 is 1.24 bits per heavy atom. The van der Waals surface area contributed by atoms with Crippen molar-refractivity contribution in [2.75, 3.05) is 13.1 Å². The number of rotatable bonds is 4. The van der Waals surface area contributed by atoms with Gasteiger partial charge in [0.15, 0.2) is 0 Å². The van der Waals surface area contributed by atoms with Crippen LogP contribution in [0.1, 0.15) is 45.9 Å². The van der Waals surface area contributed by atoms with Gasteiger partial charge >= 0.3 is 5.97 Å². The summed E-state index contributed by atoms with van der Waals surface area (Å²) in [6, 6.07) is 6.84. The molecule has 2 aromatic rings. The number of aromatic amines is 2. The lowest BCUT2D eigenvalue weighted by Crippen LogP contribution is -2.40. The molecule has 1 aromatic heterocycles. The van der Waals surface area contributed by atoms with Gasteiger partial charge in [-0.3, -0.25) is 14.7 Å². The van der Waals surface area contributed by atoms with Gasteiger partial charge in [-0.2, -0.15) is 0 Å². The maximum absolute atomic E-state index is 12.6. The second-order valence-electron chi connectivity index (χ2n) is 6.47. The SMILES string of the molecule is Cc1[nH][nH]c(=O)c1CC(=O)N1CCCC(c2ccc(C(=O)O)cc2)C1. The summed E-state index contributed by atoms with van der Waals surface area (Å²) in [5, 5.41) is 14.2. The second kappa shape index (κ2) is 6.96. The fourth-order valence-corrected chi connectivity index (χ4v) is 3.32. The van der Waals surface area contributed by atoms with E-state index in [2.05, 4.69) is 10.2 Å². The molecule has 0 saturated carbocycles. The monoisotopic (exact) mass is 343 g/mol. The molecule has 1 amide bonds. The van der Waals surface area contributed by atoms with Crippen molar-refractivity contribution < 1.29 is 14.7 Å². The standard InChI is InChI=1S/C18H21N3O4/c1-11-15(17(23)20-19-11)9-16(22)21-8-2-3-14(10-21)12-4-6-13(7-5-12)18(24)25/h4-7,14H,2-3,8-10H2,1H3,(H,24,25)(H2,19,20,23). The maximum atomic E-state index is 12.6. The molecule has 1 aromatic carbocycles. The molecule has 0 aliphatic carbocycles. The third kappa shape index (κ3) is 3.65. The Labute approximate surface area is 144 Å². The number of carbonyl (C=O) groups is 2. The molecule has 25 heavy (non-hydrogen) atoms. The van der Waals surface area contributed by atoms with Gasteiger partial charge in [0.2, 0.25) is 5.91 Å². The van der Waals surface area contributed by atoms with Gasteiger partial charge < -0.3 is 15.1 Å². The number of nitrogens with one attached hydrogen (secondary N) is 2. The lowest BCUT2D eigenvalue weighted by molar-refractivity contribution is -0.131. The van der Waals surface area contributed by atoms with E-state index in [1.807, 2.05) is 12.1 Å². The van der Waals surface area contributed by atoms with Crippen molar-refractivity contribution in [3.8, 4) is 0 Å². The molecule has 0 radical (unpaired) electrons. The molecule has 2 heterocycles. The quantitative estimate of drug-likeness (QED) is 0.785. The highest BCUT2D eigenvalue weighted by atomic mass is 16.4. The summed E-state index contributed by atoms with van der Waals surface area (Å²) in [5.74, 6) is -0.815. The van der Waals surface area contributed by atoms with Gasteiger partial charge in [-0.05, 0) is 37.5 Å². The Hall–Kier alpha value is -2.83. The van der Waals surface area contributed by atoms with Crippen LogP contribution in [0.2, 0.25) is 0 Å². The van der Waals surface area contributed by atoms with Crippen LogP contribution in [0.15, 0.2) is 29.1 Å². The lowest BCUT2D eigenvalue weighted by atomic mass is 9.90. The number of hydrogen-bond acceptors (Lipinski definition) is 3. The molecule has 7 heteroatoms. The highest BCUT2D eigenvalue weighted by molar-refractivity contribution is 5.87. The van der Waals surface area contributed by atoms with E-state index >= 15 is 0 Å². The molecule has 1 aliphatic rings. The zero-order chi connectivity index (χ0) is 18.0. The van der Waals surface area contributed by atoms with E-state index in [1.54, 1.807) is 24.0 Å². The van der Waals surface area contributed by atoms with E-state index in [4.69, 9.17) is 5.11 Å². The highest BCUT2D eigenvalue weighted by Crippen LogP contribution is 2.27. The van der Waals surface area contributed by atoms with Gasteiger partial charge in [0.25, 0.3) is 5.56 Å². The minimum Gasteiger partial charge on any atom is -0.478 e. The summed E-state index contributed by atoms with van der Waals surface area (Å²) in [7, 11) is 0. The summed E-state index contributed by atoms with van der Waals surface area (Å²) in [5.41, 5.74) is 2.23. The topological polar surface area (TPSA) is 106 Å². The molecular weight excluding hydrogens is 322 g/mol. The number of nitrogens with zero attached hydrogens (tertiary/aromatic N) is 1. The maximum Gasteiger partial charge on any atom is 0.335 e. The van der Waals surface area contributed by atoms with Crippen molar-refractivity contribution in [1.29, 1.82) is 0 Å². The Bertz CT molecular complexity index is 835. The average Bonchev–Trinajstić information content (AvgIpc) is 2.94. The van der Waals surface area contributed by atoms with Gasteiger partial charge in [-0.25, -0.2) is 4.79 Å². The molecule has 132 valence electrons. The molecule has 1 fully saturated rings. The van der Waals surface area contributed by atoms with E-state index < -0.39 is 5.97 Å². The van der Waals surface area contributed by atoms with Crippen molar-refractivity contribution in [3.63, 3.8) is 0 Å². The van der Waals surface area contributed by atoms with Crippen LogP contribution in [0.25, 0.3) is 0 Å². The van der Waals surface area contributed by atoms with E-state index in [1.165, 1.54) is 0 Å². The zero-order valence-electron chi connectivity index (χ0n) is 14.0. The van der Waals surface area contributed by atoms with Crippen LogP contribution in [0, 0.1) is 6.92 Å². The summed E-state index contributed by atoms with van der Waals surface area (Å²) < 4.78 is 0. The van der Waals surface area contributed by atoms with Crippen LogP contribution in [0.5, 0.6) is 0 Å². The fourth-order valence-electron chi connectivity index (χ4n) is 3.32. The number of carboxylic acid groups (broad SMARTS) is 1. The minimum absolute atomic E-state index is 0.0555. The zero-order valence-corrected chi connectivity index (χ0v) is 14.0. The predicted molar refractivity (Wildman–Crippen MR) is 91.8 cm³/mol. The van der Waals surface area contributed by atoms with E-state index in [-0.39, 0.29) is 29.4 Å². The van der Waals surface area contributed by atoms with Crippen molar-refractivity contribution in [1.82, 2.24) is 15.1 Å². The number of benzene rings is 1. The number of H-pyrrole nitrogens is 2. The Balaban J connectivity index is 1.69. The van der Waals surface area contributed by atoms with Crippen LogP contribution in [-0.2, 0) is 11.2 Å². The Morgan fingerprint density at radius 2 is 1.96 bits per heavy atom. The van der Waals surface area contributed by atoms with Crippen molar-refractivity contribution in [3.05, 3.63) is 57.0 Å². The van der Waals surface area contributed by atoms with Gasteiger partial charge in [0, 0.05) is 30.3 Å². The molecule has 1 aliphatic heterocycles. The van der Waals surface area contributed by atoms with Crippen LogP contribution in [0.3, 0.4) is 0 Å². The number of amides is 1. The molecule has 7 nitrogen and oxygen atoms in total. The number of aromatic carboxylic acids is 1. The van der Waals surface area contributed by atoms with Gasteiger partial charge in [-0.1, -0.05) is 12.1 Å². The average molecular weight is 343 g/mol. The molecule has 3 rings (SSSR count). The number of likely N-dealkylation sites (tertiary alicyclic amines) is 1. The first-order valence-corrected chi connectivity index (χ1v) is 8.33. The number of carboxylic acids is 1. The molecule has 0 bridgehead atoms. The summed E-state index contributed by atoms with van der Waals surface area (Å²) in [6.07, 6.45) is 1.94. The van der Waals surface area contributed by atoms with Crippen molar-refractivity contribution >= 4 is 11.9 Å². The predicted octanol–water partition coefficient (Wildman–Crippen LogP) is 1.66. The number of aromatic nitrogens is 2. The number of aryl methyl sites for hydroxylation is 1. The van der Waals surface area contributed by atoms with Gasteiger partial charge in [0.1, 0.15) is 0 Å². The molecule has 1 unspecified atom stereocenters. The Kier molecular flexibility index (Phi) is 4.74. The third-order valence-electron chi connectivity index (χ3n) is 4.82. The number of carbonyl (C=O) groups excluding carboxylic acids is 1. The first-order chi connectivity index (χ1) is 12.0. The van der Waals surface area contributed by atoms with E-state index in [0.717, 1.165) is 18.4 Å². The number of hydrogen-bond donors (Lipinski definition) is 3. The van der Waals surface area contributed by atoms with Crippen LogP contribution >= 0.6 is 0 Å². The fraction of sp³-hybridized carbons (Fsp3) is 0.389. The normalized spacial score (nSPS) is 17.5. The smallest absolute Gasteiger partial charge is 0.335 e. The minimum atomic E-state index is -0.945. The summed E-state index contributed by atoms with van der Waals surface area (Å²) >= 11 is 0. The number of piperidine rings is 1. The second-order valence-corrected chi connectivity index (χ2v) is 6.47. The molecule has 0 spiro atoms. The van der Waals surface area contributed by atoms with Gasteiger partial charge in [0.05, 0.1) is 12.0 Å². The molecular formula is C18H21N3O4. The van der Waals surface area contributed by atoms with Crippen LogP contribution < -0.4 is 5.56 Å². The first-order valence-electron chi connectivity index (χ1n) is 8.33. The molecule has 1 saturated heterocycles. The summed E-state index contributed by atoms with van der Waals surface area (Å²) in [6.45, 7) is 3.04.